The summed E-state index contributed by atoms with van der Waals surface area (Å²) >= 11 is 1.72. The third-order valence-corrected chi connectivity index (χ3v) is 7.24. The fourth-order valence-electron chi connectivity index (χ4n) is 5.70. The molecule has 0 amide bonds. The number of hydrogen-bond donors (Lipinski definition) is 0. The second-order valence-electron chi connectivity index (χ2n) is 7.47. The lowest BCUT2D eigenvalue weighted by Crippen LogP contribution is -2.47. The zero-order valence-corrected chi connectivity index (χ0v) is 12.9. The van der Waals surface area contributed by atoms with Gasteiger partial charge in [-0.1, -0.05) is 18.2 Å². The number of benzene rings is 1. The highest BCUT2D eigenvalue weighted by atomic mass is 32.1. The van der Waals surface area contributed by atoms with Crippen LogP contribution in [0.4, 0.5) is 0 Å². The Morgan fingerprint density at radius 3 is 2.33 bits per heavy atom. The summed E-state index contributed by atoms with van der Waals surface area (Å²) in [6.45, 7) is 0. The van der Waals surface area contributed by atoms with Crippen LogP contribution < -0.4 is 0 Å². The normalized spacial score (nSPS) is 37.2. The summed E-state index contributed by atoms with van der Waals surface area (Å²) in [5, 5.41) is 3.29. The van der Waals surface area contributed by atoms with E-state index in [-0.39, 0.29) is 0 Å². The van der Waals surface area contributed by atoms with Gasteiger partial charge < -0.3 is 0 Å². The van der Waals surface area contributed by atoms with Gasteiger partial charge in [-0.2, -0.15) is 0 Å². The Labute approximate surface area is 129 Å². The Morgan fingerprint density at radius 2 is 1.62 bits per heavy atom. The fourth-order valence-corrected chi connectivity index (χ4v) is 6.65. The molecule has 2 heteroatoms. The molecule has 4 aliphatic carbocycles. The van der Waals surface area contributed by atoms with Crippen molar-refractivity contribution in [2.75, 3.05) is 0 Å². The zero-order valence-electron chi connectivity index (χ0n) is 12.1. The van der Waals surface area contributed by atoms with Crippen LogP contribution in [0, 0.1) is 29.6 Å². The molecule has 0 N–H and O–H groups in total. The van der Waals surface area contributed by atoms with E-state index in [4.69, 9.17) is 0 Å². The summed E-state index contributed by atoms with van der Waals surface area (Å²) < 4.78 is 1.25. The second kappa shape index (κ2) is 4.42. The molecule has 1 aromatic carbocycles. The first-order valence-corrected chi connectivity index (χ1v) is 9.18. The van der Waals surface area contributed by atoms with Gasteiger partial charge in [-0.15, -0.1) is 11.3 Å². The number of rotatable bonds is 2. The van der Waals surface area contributed by atoms with E-state index in [1.807, 2.05) is 0 Å². The van der Waals surface area contributed by atoms with Crippen molar-refractivity contribution in [3.05, 3.63) is 35.2 Å². The standard InChI is InChI=1S/C19H20OS/c20-19(16-10-21-17-4-2-1-3-15(16)17)18-13-6-11-5-12(8-13)9-14(18)7-11/h1-4,10-14,18H,5-9H2. The molecule has 1 nitrogen and oxygen atoms in total. The first-order chi connectivity index (χ1) is 10.3. The number of hydrogen-bond acceptors (Lipinski definition) is 2. The van der Waals surface area contributed by atoms with Crippen LogP contribution >= 0.6 is 11.3 Å². The Morgan fingerprint density at radius 1 is 0.952 bits per heavy atom. The first-order valence-electron chi connectivity index (χ1n) is 8.30. The van der Waals surface area contributed by atoms with Gasteiger partial charge in [-0.25, -0.2) is 0 Å². The van der Waals surface area contributed by atoms with Crippen molar-refractivity contribution in [1.82, 2.24) is 0 Å². The lowest BCUT2D eigenvalue weighted by atomic mass is 9.51. The number of Topliss-reactive ketones (excluding diaryl/α,β-unsaturated/α-hetero) is 1. The number of fused-ring (bicyclic) bond motifs is 1. The highest BCUT2D eigenvalue weighted by Gasteiger charge is 2.50. The molecule has 4 saturated carbocycles. The lowest BCUT2D eigenvalue weighted by Gasteiger charge is -2.53. The number of ketones is 1. The molecule has 0 aliphatic heterocycles. The number of carbonyl (C=O) groups is 1. The van der Waals surface area contributed by atoms with Crippen molar-refractivity contribution in [1.29, 1.82) is 0 Å². The third-order valence-electron chi connectivity index (χ3n) is 6.28. The molecule has 0 unspecified atom stereocenters. The molecular weight excluding hydrogens is 276 g/mol. The van der Waals surface area contributed by atoms with E-state index in [2.05, 4.69) is 29.6 Å². The van der Waals surface area contributed by atoms with E-state index in [0.717, 1.165) is 17.4 Å². The molecule has 2 aromatic rings. The monoisotopic (exact) mass is 296 g/mol. The summed E-state index contributed by atoms with van der Waals surface area (Å²) in [6.07, 6.45) is 6.75. The van der Waals surface area contributed by atoms with Crippen molar-refractivity contribution in [2.24, 2.45) is 29.6 Å². The average Bonchev–Trinajstić information content (AvgIpc) is 2.89. The minimum absolute atomic E-state index is 0.329. The summed E-state index contributed by atoms with van der Waals surface area (Å²) in [6, 6.07) is 8.38. The van der Waals surface area contributed by atoms with Crippen molar-refractivity contribution in [2.45, 2.75) is 32.1 Å². The topological polar surface area (TPSA) is 17.1 Å². The largest absolute Gasteiger partial charge is 0.294 e. The maximum atomic E-state index is 13.2. The van der Waals surface area contributed by atoms with Crippen molar-refractivity contribution in [3.8, 4) is 0 Å². The molecule has 0 atom stereocenters. The van der Waals surface area contributed by atoms with Crippen molar-refractivity contribution in [3.63, 3.8) is 0 Å². The maximum Gasteiger partial charge on any atom is 0.167 e. The highest BCUT2D eigenvalue weighted by molar-refractivity contribution is 7.17. The smallest absolute Gasteiger partial charge is 0.167 e. The van der Waals surface area contributed by atoms with Gasteiger partial charge >= 0.3 is 0 Å². The molecule has 1 aromatic heterocycles. The Kier molecular flexibility index (Phi) is 2.61. The van der Waals surface area contributed by atoms with Gasteiger partial charge in [0.25, 0.3) is 0 Å². The van der Waals surface area contributed by atoms with Crippen LogP contribution in [0.15, 0.2) is 29.6 Å². The summed E-state index contributed by atoms with van der Waals surface area (Å²) in [7, 11) is 0. The molecule has 6 rings (SSSR count). The van der Waals surface area contributed by atoms with Gasteiger partial charge in [0.1, 0.15) is 0 Å². The SMILES string of the molecule is O=C(c1csc2ccccc12)C1C2CC3CC(C2)CC1C3. The summed E-state index contributed by atoms with van der Waals surface area (Å²) in [5.74, 6) is 4.04. The Bertz CT molecular complexity index is 685. The van der Waals surface area contributed by atoms with Gasteiger partial charge in [0.05, 0.1) is 0 Å². The van der Waals surface area contributed by atoms with E-state index in [9.17, 15) is 4.79 Å². The predicted molar refractivity (Wildman–Crippen MR) is 86.7 cm³/mol. The van der Waals surface area contributed by atoms with Crippen LogP contribution in [0.5, 0.6) is 0 Å². The molecule has 21 heavy (non-hydrogen) atoms. The predicted octanol–water partition coefficient (Wildman–Crippen LogP) is 5.16. The molecular formula is C19H20OS. The van der Waals surface area contributed by atoms with Crippen LogP contribution in [0.1, 0.15) is 42.5 Å². The highest BCUT2D eigenvalue weighted by Crippen LogP contribution is 2.57. The van der Waals surface area contributed by atoms with Crippen molar-refractivity contribution >= 4 is 27.2 Å². The number of carbonyl (C=O) groups excluding carboxylic acids is 1. The minimum atomic E-state index is 0.329. The van der Waals surface area contributed by atoms with E-state index < -0.39 is 0 Å². The van der Waals surface area contributed by atoms with E-state index in [0.29, 0.717) is 23.5 Å². The van der Waals surface area contributed by atoms with Gasteiger partial charge in [0.2, 0.25) is 0 Å². The molecule has 1 heterocycles. The van der Waals surface area contributed by atoms with E-state index in [1.54, 1.807) is 11.3 Å². The van der Waals surface area contributed by atoms with Crippen LogP contribution in [-0.2, 0) is 0 Å². The molecule has 4 bridgehead atoms. The molecule has 4 aliphatic rings. The van der Waals surface area contributed by atoms with Crippen LogP contribution in [0.3, 0.4) is 0 Å². The van der Waals surface area contributed by atoms with Gasteiger partial charge in [0.15, 0.2) is 5.78 Å². The Balaban J connectivity index is 1.54. The molecule has 0 saturated heterocycles. The molecule has 0 spiro atoms. The third kappa shape index (κ3) is 1.78. The molecule has 4 fully saturated rings. The fraction of sp³-hybridized carbons (Fsp3) is 0.526. The molecule has 108 valence electrons. The second-order valence-corrected chi connectivity index (χ2v) is 8.38. The van der Waals surface area contributed by atoms with E-state index >= 15 is 0 Å². The minimum Gasteiger partial charge on any atom is -0.294 e. The number of thiophene rings is 1. The first kappa shape index (κ1) is 12.4. The molecule has 0 radical (unpaired) electrons. The maximum absolute atomic E-state index is 13.2. The lowest BCUT2D eigenvalue weighted by molar-refractivity contribution is -0.0250. The van der Waals surface area contributed by atoms with Crippen LogP contribution in [0.2, 0.25) is 0 Å². The Hall–Kier alpha value is -1.15. The summed E-state index contributed by atoms with van der Waals surface area (Å²) in [5.41, 5.74) is 1.01. The van der Waals surface area contributed by atoms with Gasteiger partial charge in [0, 0.05) is 26.9 Å². The summed E-state index contributed by atoms with van der Waals surface area (Å²) in [4.78, 5) is 13.2. The van der Waals surface area contributed by atoms with Crippen molar-refractivity contribution < 1.29 is 4.79 Å². The average molecular weight is 296 g/mol. The quantitative estimate of drug-likeness (QED) is 0.700. The van der Waals surface area contributed by atoms with Gasteiger partial charge in [-0.05, 0) is 61.8 Å². The van der Waals surface area contributed by atoms with E-state index in [1.165, 1.54) is 42.2 Å². The van der Waals surface area contributed by atoms with Gasteiger partial charge in [-0.3, -0.25) is 4.79 Å². The van der Waals surface area contributed by atoms with Crippen LogP contribution in [-0.4, -0.2) is 5.78 Å². The van der Waals surface area contributed by atoms with Crippen LogP contribution in [0.25, 0.3) is 10.1 Å². The zero-order chi connectivity index (χ0) is 14.0.